The van der Waals surface area contributed by atoms with Crippen LogP contribution in [0.2, 0.25) is 0 Å². The van der Waals surface area contributed by atoms with E-state index >= 15 is 0 Å². The van der Waals surface area contributed by atoms with E-state index < -0.39 is 19.5 Å². The van der Waals surface area contributed by atoms with Crippen molar-refractivity contribution in [3.05, 3.63) is 66.2 Å². The second-order valence-electron chi connectivity index (χ2n) is 5.92. The molecule has 136 valence electrons. The molecule has 24 heavy (non-hydrogen) atoms. The summed E-state index contributed by atoms with van der Waals surface area (Å²) in [6, 6.07) is 21.8. The molecule has 0 saturated carbocycles. The maximum atomic E-state index is 9.93. The van der Waals surface area contributed by atoms with Gasteiger partial charge in [0.1, 0.15) is 11.7 Å². The van der Waals surface area contributed by atoms with Crippen molar-refractivity contribution in [3.63, 3.8) is 0 Å². The summed E-state index contributed by atoms with van der Waals surface area (Å²) in [5.74, 6) is 0. The first kappa shape index (κ1) is 20.8. The Morgan fingerprint density at radius 2 is 1.04 bits per heavy atom. The van der Waals surface area contributed by atoms with Gasteiger partial charge in [-0.1, -0.05) is 48.5 Å². The van der Waals surface area contributed by atoms with Gasteiger partial charge in [0.05, 0.1) is 14.1 Å². The van der Waals surface area contributed by atoms with Crippen LogP contribution in [0.1, 0.15) is 18.5 Å². The fourth-order valence-corrected chi connectivity index (χ4v) is 2.14. The molecule has 0 fully saturated rings. The predicted molar refractivity (Wildman–Crippen MR) is 87.3 cm³/mol. The predicted octanol–water partition coefficient (Wildman–Crippen LogP) is 6.16. The third-order valence-electron chi connectivity index (χ3n) is 3.67. The van der Waals surface area contributed by atoms with Crippen LogP contribution in [0.25, 0.3) is 0 Å². The van der Waals surface area contributed by atoms with Gasteiger partial charge < -0.3 is 0 Å². The maximum absolute atomic E-state index is 11.2. The van der Waals surface area contributed by atoms with E-state index in [0.29, 0.717) is 6.04 Å². The average molecular weight is 462 g/mol. The molecule has 0 spiro atoms. The van der Waals surface area contributed by atoms with Crippen molar-refractivity contribution in [2.75, 3.05) is 14.1 Å². The third-order valence-corrected chi connectivity index (χ3v) is 3.67. The van der Waals surface area contributed by atoms with Gasteiger partial charge >= 0.3 is 36.4 Å². The van der Waals surface area contributed by atoms with Crippen molar-refractivity contribution in [2.45, 2.75) is 13.0 Å². The Balaban J connectivity index is 0.000000351. The minimum absolute atomic E-state index is 0.443. The number of nitrogens with zero attached hydrogens (tertiary/aromatic N) is 1. The van der Waals surface area contributed by atoms with Crippen LogP contribution >= 0.6 is 0 Å². The van der Waals surface area contributed by atoms with Gasteiger partial charge in [0.2, 0.25) is 0 Å². The summed E-state index contributed by atoms with van der Waals surface area (Å²) < 4.78 is 60.4. The van der Waals surface area contributed by atoms with E-state index in [1.165, 1.54) is 11.3 Å². The summed E-state index contributed by atoms with van der Waals surface area (Å²) in [6.07, 6.45) is 0. The summed E-state index contributed by atoms with van der Waals surface area (Å²) in [7, 11) is 4.51. The van der Waals surface area contributed by atoms with Crippen molar-refractivity contribution in [1.29, 1.82) is 0 Å². The van der Waals surface area contributed by atoms with Gasteiger partial charge in [-0.15, -0.1) is 0 Å². The second kappa shape index (κ2) is 6.26. The molecule has 0 radical (unpaired) electrons. The molecule has 1 nitrogen and oxygen atoms in total. The Bertz CT molecular complexity index is 642. The molecule has 2 aromatic carbocycles. The molecule has 0 aliphatic carbocycles. The van der Waals surface area contributed by atoms with Crippen molar-refractivity contribution < 1.29 is 16.9 Å². The van der Waals surface area contributed by atoms with Gasteiger partial charge in [0, 0.05) is 5.56 Å². The molecule has 0 amide bonds. The molecule has 2 aromatic rings. The molecule has 0 aliphatic heterocycles. The molecule has 0 aromatic heterocycles. The first-order valence-corrected chi connectivity index (χ1v) is 12.9. The number of halogens is 6. The zero-order chi connectivity index (χ0) is 18.7. The summed E-state index contributed by atoms with van der Waals surface area (Å²) in [5, 5.41) is 0. The summed E-state index contributed by atoms with van der Waals surface area (Å²) in [4.78, 5) is 0. The topological polar surface area (TPSA) is 0 Å². The molecule has 0 heterocycles. The van der Waals surface area contributed by atoms with Crippen molar-refractivity contribution in [1.82, 2.24) is 4.48 Å². The Labute approximate surface area is 140 Å². The van der Waals surface area contributed by atoms with Crippen molar-refractivity contribution in [3.8, 4) is 0 Å². The number of rotatable bonds is 3. The number of hydrogen-bond acceptors (Lipinski definition) is 0. The number of quaternary nitrogens is 1. The van der Waals surface area contributed by atoms with E-state index in [4.69, 9.17) is 0 Å². The normalized spacial score (nSPS) is 16.2. The monoisotopic (exact) mass is 461 g/mol. The fraction of sp³-hybridized carbons (Fsp3) is 0.250. The van der Waals surface area contributed by atoms with E-state index in [-0.39, 0.29) is 0 Å². The van der Waals surface area contributed by atoms with Crippen LogP contribution < -0.4 is 4.48 Å². The molecule has 1 unspecified atom stereocenters. The molecule has 2 rings (SSSR count). The fourth-order valence-electron chi connectivity index (χ4n) is 2.14. The summed E-state index contributed by atoms with van der Waals surface area (Å²) in [5.41, 5.74) is 2.71. The van der Waals surface area contributed by atoms with E-state index in [2.05, 4.69) is 81.7 Å². The van der Waals surface area contributed by atoms with E-state index in [0.717, 1.165) is 4.48 Å². The Kier molecular flexibility index (Phi) is 5.44. The van der Waals surface area contributed by atoms with Crippen LogP contribution in [0.15, 0.2) is 60.7 Å². The second-order valence-corrected chi connectivity index (χ2v) is 11.4. The molecule has 0 N–H and O–H groups in total. The van der Waals surface area contributed by atoms with E-state index in [1.807, 2.05) is 0 Å². The van der Waals surface area contributed by atoms with Gasteiger partial charge in [-0.2, -0.15) is 0 Å². The van der Waals surface area contributed by atoms with Crippen LogP contribution in [0, 0.1) is 0 Å². The Morgan fingerprint density at radius 1 is 0.708 bits per heavy atom. The van der Waals surface area contributed by atoms with Crippen LogP contribution in [0.3, 0.4) is 0 Å². The zero-order valence-corrected chi connectivity index (χ0v) is 16.1. The molecule has 0 bridgehead atoms. The number of hydrogen-bond donors (Lipinski definition) is 0. The van der Waals surface area contributed by atoms with Crippen LogP contribution in [0.5, 0.6) is 0 Å². The van der Waals surface area contributed by atoms with Crippen LogP contribution in [0.4, 0.5) is 22.6 Å². The summed E-state index contributed by atoms with van der Waals surface area (Å²) in [6.45, 7) is 2.28. The number of benzene rings is 2. The van der Waals surface area contributed by atoms with E-state index in [9.17, 15) is 16.9 Å². The molecule has 0 saturated heterocycles. The molecular formula is C16H20F6NSb. The van der Waals surface area contributed by atoms with Gasteiger partial charge in [-0.3, -0.25) is 4.48 Å². The standard InChI is InChI=1S/C16H20N.6FH.Sb/c1-14(15-10-6-4-7-11-15)17(2,3)16-12-8-5-9-13-16;;;;;;;/h4-14H,1-3H3;6*1H;/q+1;;;;;;;+5/p-6. The molecule has 1 atom stereocenters. The quantitative estimate of drug-likeness (QED) is 0.292. The van der Waals surface area contributed by atoms with Crippen molar-refractivity contribution >= 4 is 25.2 Å². The van der Waals surface area contributed by atoms with Crippen LogP contribution in [-0.2, 0) is 0 Å². The van der Waals surface area contributed by atoms with Gasteiger partial charge in [-0.05, 0) is 19.1 Å². The molecular weight excluding hydrogens is 442 g/mol. The van der Waals surface area contributed by atoms with Gasteiger partial charge in [-0.25, -0.2) is 0 Å². The zero-order valence-electron chi connectivity index (χ0n) is 13.5. The average Bonchev–Trinajstić information content (AvgIpc) is 2.45. The van der Waals surface area contributed by atoms with Gasteiger partial charge in [0.15, 0.2) is 0 Å². The molecule has 0 aliphatic rings. The van der Waals surface area contributed by atoms with Gasteiger partial charge in [0.25, 0.3) is 0 Å². The molecule has 8 heteroatoms. The Morgan fingerprint density at radius 3 is 1.42 bits per heavy atom. The Hall–Kier alpha value is -1.20. The van der Waals surface area contributed by atoms with E-state index in [1.54, 1.807) is 0 Å². The summed E-state index contributed by atoms with van der Waals surface area (Å²) >= 11 is -11.2. The first-order chi connectivity index (χ1) is 10.6. The minimum atomic E-state index is -11.2. The first-order valence-electron chi connectivity index (χ1n) is 7.08. The number of para-hydroxylation sites is 1. The van der Waals surface area contributed by atoms with Crippen LogP contribution in [-0.4, -0.2) is 33.6 Å². The van der Waals surface area contributed by atoms with Crippen molar-refractivity contribution in [2.24, 2.45) is 0 Å². The SMILES string of the molecule is CC(c1ccccc1)[N+](C)(C)c1ccccc1.[F][Sb-]([F])([F])([F])([F])[F]. The third kappa shape index (κ3) is 8.59.